The van der Waals surface area contributed by atoms with Gasteiger partial charge < -0.3 is 10.1 Å². The molecule has 3 rings (SSSR count). The number of carbonyl (C=O) groups is 1. The van der Waals surface area contributed by atoms with Crippen LogP contribution in [0.25, 0.3) is 0 Å². The summed E-state index contributed by atoms with van der Waals surface area (Å²) in [7, 11) is 1.31. The van der Waals surface area contributed by atoms with Gasteiger partial charge in [0.15, 0.2) is 0 Å². The number of rotatable bonds is 8. The van der Waals surface area contributed by atoms with Crippen LogP contribution in [0.15, 0.2) is 36.5 Å². The maximum Gasteiger partial charge on any atom is 0.350 e. The fourth-order valence-electron chi connectivity index (χ4n) is 2.97. The van der Waals surface area contributed by atoms with E-state index in [4.69, 9.17) is 4.74 Å². The van der Waals surface area contributed by atoms with E-state index in [1.165, 1.54) is 18.0 Å². The Kier molecular flexibility index (Phi) is 5.91. The number of anilines is 1. The second-order valence-corrected chi connectivity index (χ2v) is 6.63. The molecule has 0 unspecified atom stereocenters. The summed E-state index contributed by atoms with van der Waals surface area (Å²) in [5, 5.41) is 22.2. The first-order chi connectivity index (χ1) is 13.9. The van der Waals surface area contributed by atoms with E-state index in [2.05, 4.69) is 15.5 Å². The van der Waals surface area contributed by atoms with Crippen LogP contribution in [0, 0.1) is 24.0 Å². The Balaban J connectivity index is 1.59. The van der Waals surface area contributed by atoms with Crippen LogP contribution in [0.3, 0.4) is 0 Å². The van der Waals surface area contributed by atoms with Gasteiger partial charge in [-0.1, -0.05) is 12.1 Å². The highest BCUT2D eigenvalue weighted by atomic mass is 16.6. The summed E-state index contributed by atoms with van der Waals surface area (Å²) in [5.74, 6) is -0.294. The Morgan fingerprint density at radius 2 is 2.07 bits per heavy atom. The van der Waals surface area contributed by atoms with Crippen molar-refractivity contribution in [3.05, 3.63) is 63.6 Å². The number of nitro groups is 1. The van der Waals surface area contributed by atoms with Gasteiger partial charge in [0.2, 0.25) is 5.91 Å². The van der Waals surface area contributed by atoms with Crippen molar-refractivity contribution in [2.75, 3.05) is 12.4 Å². The summed E-state index contributed by atoms with van der Waals surface area (Å²) < 4.78 is 8.12. The maximum atomic E-state index is 12.3. The number of amides is 1. The average molecular weight is 398 g/mol. The molecule has 0 aliphatic heterocycles. The lowest BCUT2D eigenvalue weighted by atomic mass is 10.2. The second-order valence-electron chi connectivity index (χ2n) is 6.63. The molecule has 1 aromatic carbocycles. The Hall–Kier alpha value is -3.69. The van der Waals surface area contributed by atoms with Gasteiger partial charge in [-0.15, -0.1) is 5.10 Å². The predicted octanol–water partition coefficient (Wildman–Crippen LogP) is 2.69. The topological polar surface area (TPSA) is 117 Å². The van der Waals surface area contributed by atoms with Gasteiger partial charge in [0.1, 0.15) is 6.20 Å². The molecule has 1 amide bonds. The fraction of sp³-hybridized carbons (Fsp3) is 0.316. The number of nitrogens with zero attached hydrogens (tertiary/aromatic N) is 5. The van der Waals surface area contributed by atoms with E-state index in [0.29, 0.717) is 12.2 Å². The second kappa shape index (κ2) is 8.55. The number of hydrogen-bond donors (Lipinski definition) is 1. The average Bonchev–Trinajstić information content (AvgIpc) is 3.23. The van der Waals surface area contributed by atoms with Gasteiger partial charge in [-0.25, -0.2) is 0 Å². The van der Waals surface area contributed by atoms with Crippen molar-refractivity contribution in [3.8, 4) is 5.88 Å². The van der Waals surface area contributed by atoms with Crippen molar-refractivity contribution >= 4 is 17.3 Å². The number of benzene rings is 1. The molecule has 0 spiro atoms. The Bertz CT molecular complexity index is 1040. The van der Waals surface area contributed by atoms with E-state index < -0.39 is 4.92 Å². The predicted molar refractivity (Wildman–Crippen MR) is 106 cm³/mol. The van der Waals surface area contributed by atoms with Gasteiger partial charge in [-0.05, 0) is 37.6 Å². The molecule has 29 heavy (non-hydrogen) atoms. The highest BCUT2D eigenvalue weighted by molar-refractivity contribution is 5.90. The molecule has 0 bridgehead atoms. The molecule has 2 aromatic heterocycles. The van der Waals surface area contributed by atoms with Gasteiger partial charge in [0, 0.05) is 17.8 Å². The molecule has 10 nitrogen and oxygen atoms in total. The van der Waals surface area contributed by atoms with Gasteiger partial charge in [0.05, 0.1) is 30.8 Å². The number of carbonyl (C=O) groups excluding carboxylic acids is 1. The van der Waals surface area contributed by atoms with Crippen molar-refractivity contribution < 1.29 is 14.5 Å². The van der Waals surface area contributed by atoms with Crippen molar-refractivity contribution in [1.29, 1.82) is 0 Å². The zero-order valence-electron chi connectivity index (χ0n) is 16.5. The lowest BCUT2D eigenvalue weighted by molar-refractivity contribution is -0.385. The lowest BCUT2D eigenvalue weighted by Gasteiger charge is -2.09. The minimum absolute atomic E-state index is 0.0766. The molecule has 0 fully saturated rings. The minimum Gasteiger partial charge on any atom is -0.475 e. The molecule has 1 N–H and O–H groups in total. The number of aromatic nitrogens is 4. The van der Waals surface area contributed by atoms with Gasteiger partial charge in [-0.2, -0.15) is 5.10 Å². The van der Waals surface area contributed by atoms with Crippen LogP contribution < -0.4 is 10.1 Å². The Morgan fingerprint density at radius 1 is 1.28 bits per heavy atom. The summed E-state index contributed by atoms with van der Waals surface area (Å²) in [6.07, 6.45) is 1.37. The molecule has 0 aliphatic rings. The smallest absolute Gasteiger partial charge is 0.350 e. The zero-order valence-corrected chi connectivity index (χ0v) is 16.5. The van der Waals surface area contributed by atoms with Crippen LogP contribution in [-0.2, 0) is 17.9 Å². The number of ether oxygens (including phenoxy) is 1. The van der Waals surface area contributed by atoms with Crippen molar-refractivity contribution in [2.24, 2.45) is 0 Å². The SMILES string of the molecule is COc1nn(CCC(=O)Nc2cccc(Cn3nc(C)cc3C)c2)cc1[N+](=O)[O-]. The lowest BCUT2D eigenvalue weighted by Crippen LogP contribution is -2.15. The van der Waals surface area contributed by atoms with Crippen molar-refractivity contribution in [2.45, 2.75) is 33.4 Å². The van der Waals surface area contributed by atoms with Crippen LogP contribution in [-0.4, -0.2) is 37.5 Å². The van der Waals surface area contributed by atoms with Crippen LogP contribution in [0.2, 0.25) is 0 Å². The Labute approximate surface area is 167 Å². The van der Waals surface area contributed by atoms with Crippen LogP contribution in [0.1, 0.15) is 23.4 Å². The third-order valence-corrected chi connectivity index (χ3v) is 4.31. The summed E-state index contributed by atoms with van der Waals surface area (Å²) in [6.45, 7) is 4.76. The van der Waals surface area contributed by atoms with E-state index in [1.807, 2.05) is 48.9 Å². The molecule has 2 heterocycles. The summed E-state index contributed by atoms with van der Waals surface area (Å²) in [6, 6.07) is 9.57. The van der Waals surface area contributed by atoms with Crippen LogP contribution in [0.5, 0.6) is 5.88 Å². The van der Waals surface area contributed by atoms with Crippen molar-refractivity contribution in [3.63, 3.8) is 0 Å². The number of aryl methyl sites for hydroxylation is 3. The standard InChI is InChI=1S/C19H22N6O4/c1-13-9-14(2)24(21-13)11-15-5-4-6-16(10-15)20-18(26)7-8-23-12-17(25(27)28)19(22-23)29-3/h4-6,9-10,12H,7-8,11H2,1-3H3,(H,20,26). The van der Waals surface area contributed by atoms with E-state index >= 15 is 0 Å². The molecule has 152 valence electrons. The molecule has 0 saturated heterocycles. The third kappa shape index (κ3) is 4.98. The van der Waals surface area contributed by atoms with E-state index in [0.717, 1.165) is 17.0 Å². The number of nitrogens with one attached hydrogen (secondary N) is 1. The first kappa shape index (κ1) is 20.1. The molecule has 0 saturated carbocycles. The van der Waals surface area contributed by atoms with E-state index in [-0.39, 0.29) is 30.4 Å². The molecule has 3 aromatic rings. The minimum atomic E-state index is -0.573. The highest BCUT2D eigenvalue weighted by Gasteiger charge is 2.20. The van der Waals surface area contributed by atoms with Crippen LogP contribution >= 0.6 is 0 Å². The van der Waals surface area contributed by atoms with Crippen molar-refractivity contribution in [1.82, 2.24) is 19.6 Å². The summed E-state index contributed by atoms with van der Waals surface area (Å²) >= 11 is 0. The van der Waals surface area contributed by atoms with Crippen LogP contribution in [0.4, 0.5) is 11.4 Å². The quantitative estimate of drug-likeness (QED) is 0.460. The molecule has 10 heteroatoms. The zero-order chi connectivity index (χ0) is 21.0. The van der Waals surface area contributed by atoms with Gasteiger partial charge in [-0.3, -0.25) is 24.3 Å². The third-order valence-electron chi connectivity index (χ3n) is 4.31. The van der Waals surface area contributed by atoms with E-state index in [9.17, 15) is 14.9 Å². The van der Waals surface area contributed by atoms with Gasteiger partial charge >= 0.3 is 11.6 Å². The summed E-state index contributed by atoms with van der Waals surface area (Å²) in [4.78, 5) is 22.6. The molecule has 0 aliphatic carbocycles. The maximum absolute atomic E-state index is 12.3. The highest BCUT2D eigenvalue weighted by Crippen LogP contribution is 2.24. The Morgan fingerprint density at radius 3 is 2.69 bits per heavy atom. The monoisotopic (exact) mass is 398 g/mol. The first-order valence-electron chi connectivity index (χ1n) is 9.01. The molecular weight excluding hydrogens is 376 g/mol. The normalized spacial score (nSPS) is 10.7. The van der Waals surface area contributed by atoms with Gasteiger partial charge in [0.25, 0.3) is 0 Å². The summed E-state index contributed by atoms with van der Waals surface area (Å²) in [5.41, 5.74) is 3.49. The van der Waals surface area contributed by atoms with E-state index in [1.54, 1.807) is 0 Å². The largest absolute Gasteiger partial charge is 0.475 e. The molecule has 0 atom stereocenters. The first-order valence-corrected chi connectivity index (χ1v) is 9.01. The number of methoxy groups -OCH3 is 1. The fourth-order valence-corrected chi connectivity index (χ4v) is 2.97. The molecule has 0 radical (unpaired) electrons. The number of hydrogen-bond acceptors (Lipinski definition) is 6. The molecular formula is C19H22N6O4.